The Bertz CT molecular complexity index is 227. The molecule has 1 saturated heterocycles. The largest absolute Gasteiger partial charge is 1.00 e. The Morgan fingerprint density at radius 2 is 1.40 bits per heavy atom. The summed E-state index contributed by atoms with van der Waals surface area (Å²) in [5, 5.41) is 0. The van der Waals surface area contributed by atoms with Crippen LogP contribution in [0, 0.1) is 0 Å². The first-order valence-electron chi connectivity index (χ1n) is 4.25. The number of epoxide rings is 1. The van der Waals surface area contributed by atoms with Crippen molar-refractivity contribution in [2.45, 2.75) is 20.0 Å². The molecule has 1 rings (SSSR count). The van der Waals surface area contributed by atoms with Gasteiger partial charge in [0.25, 0.3) is 0 Å². The Morgan fingerprint density at radius 3 is 1.40 bits per heavy atom. The predicted octanol–water partition coefficient (Wildman–Crippen LogP) is -16.0. The van der Waals surface area contributed by atoms with Gasteiger partial charge in [-0.25, -0.2) is 4.79 Å². The number of hydrogen-bond donors (Lipinski definition) is 0. The van der Waals surface area contributed by atoms with Gasteiger partial charge in [-0.2, -0.15) is 0 Å². The van der Waals surface area contributed by atoms with Gasteiger partial charge in [0.15, 0.2) is 0 Å². The van der Waals surface area contributed by atoms with E-state index in [1.165, 1.54) is 7.11 Å². The molecule has 0 N–H and O–H groups in total. The maximum absolute atomic E-state index is 10.2. The predicted molar refractivity (Wildman–Crippen MR) is 48.0 cm³/mol. The Labute approximate surface area is 209 Å². The third-order valence-electron chi connectivity index (χ3n) is 1.03. The molecule has 0 aromatic rings. The van der Waals surface area contributed by atoms with Gasteiger partial charge in [0.1, 0.15) is 0 Å². The van der Waals surface area contributed by atoms with Crippen LogP contribution in [0.3, 0.4) is 0 Å². The van der Waals surface area contributed by atoms with Gasteiger partial charge in [-0.15, -0.1) is 0 Å². The van der Waals surface area contributed by atoms with Crippen molar-refractivity contribution in [2.75, 3.05) is 13.7 Å². The molecular weight excluding hydrogens is 328 g/mol. The minimum absolute atomic E-state index is 0. The molecular formula is C8H14Na4O7Si. The van der Waals surface area contributed by atoms with Crippen molar-refractivity contribution >= 4 is 15.0 Å². The fraction of sp³-hybridized carbons (Fsp3) is 0.625. The van der Waals surface area contributed by atoms with E-state index >= 15 is 0 Å². The van der Waals surface area contributed by atoms with Crippen molar-refractivity contribution in [1.29, 1.82) is 0 Å². The fourth-order valence-electron chi connectivity index (χ4n) is 0.270. The van der Waals surface area contributed by atoms with E-state index in [-0.39, 0.29) is 124 Å². The molecule has 12 heteroatoms. The van der Waals surface area contributed by atoms with Gasteiger partial charge in [0, 0.05) is 5.57 Å². The van der Waals surface area contributed by atoms with Gasteiger partial charge in [-0.1, -0.05) is 6.58 Å². The summed E-state index contributed by atoms with van der Waals surface area (Å²) in [5.74, 6) is -0.347. The zero-order valence-corrected chi connectivity index (χ0v) is 22.3. The van der Waals surface area contributed by atoms with Crippen molar-refractivity contribution in [3.63, 3.8) is 0 Å². The number of hydrogen-bond acceptors (Lipinski definition) is 7. The molecule has 7 nitrogen and oxygen atoms in total. The second-order valence-corrected chi connectivity index (χ2v) is 3.92. The molecule has 1 unspecified atom stereocenters. The van der Waals surface area contributed by atoms with Crippen molar-refractivity contribution in [3.05, 3.63) is 12.2 Å². The van der Waals surface area contributed by atoms with Crippen LogP contribution in [0.2, 0.25) is 0 Å². The third kappa shape index (κ3) is 58.1. The molecule has 0 aliphatic carbocycles. The number of esters is 1. The standard InChI is InChI=1S/C5H8O2.C3H6O.4Na.O4Si/c1-4(2)5(6)7-3;1-3-2-4-3;;;;;1-5(2,3)4/h1H2,2-3H3;3H,2H2,1H3;;;;;/q;;4*+1;-4. The molecule has 1 atom stereocenters. The van der Waals surface area contributed by atoms with Gasteiger partial charge >= 0.3 is 124 Å². The molecule has 96 valence electrons. The molecule has 1 heterocycles. The van der Waals surface area contributed by atoms with Crippen molar-refractivity contribution in [2.24, 2.45) is 0 Å². The minimum Gasteiger partial charge on any atom is -0.894 e. The number of methoxy groups -OCH3 is 1. The van der Waals surface area contributed by atoms with E-state index < -0.39 is 9.05 Å². The molecule has 0 aromatic carbocycles. The van der Waals surface area contributed by atoms with E-state index in [9.17, 15) is 4.79 Å². The Balaban J connectivity index is -0.0000000342. The van der Waals surface area contributed by atoms with Crippen LogP contribution in [0.15, 0.2) is 12.2 Å². The first-order chi connectivity index (χ1) is 7.07. The Kier molecular flexibility index (Phi) is 43.0. The molecule has 0 amide bonds. The van der Waals surface area contributed by atoms with Crippen LogP contribution >= 0.6 is 0 Å². The van der Waals surface area contributed by atoms with E-state index in [1.54, 1.807) is 6.92 Å². The smallest absolute Gasteiger partial charge is 0.894 e. The van der Waals surface area contributed by atoms with Crippen molar-refractivity contribution < 1.29 is 152 Å². The SMILES string of the molecule is C=C(C)C(=O)OC.CC1CO1.[Na+].[Na+].[Na+].[Na+].[O-][Si]([O-])([O-])[O-]. The molecule has 20 heavy (non-hydrogen) atoms. The minimum atomic E-state index is -5.61. The maximum Gasteiger partial charge on any atom is 1.00 e. The van der Waals surface area contributed by atoms with E-state index in [0.29, 0.717) is 11.7 Å². The van der Waals surface area contributed by atoms with Gasteiger partial charge in [-0.3, -0.25) is 0 Å². The van der Waals surface area contributed by atoms with E-state index in [1.807, 2.05) is 0 Å². The maximum atomic E-state index is 10.2. The average molecular weight is 342 g/mol. The van der Waals surface area contributed by atoms with Crippen molar-refractivity contribution in [3.8, 4) is 0 Å². The van der Waals surface area contributed by atoms with Crippen molar-refractivity contribution in [1.82, 2.24) is 0 Å². The molecule has 1 fully saturated rings. The first-order valence-corrected chi connectivity index (χ1v) is 5.88. The van der Waals surface area contributed by atoms with Crippen LogP contribution in [0.5, 0.6) is 0 Å². The zero-order valence-electron chi connectivity index (χ0n) is 13.3. The number of carbonyl (C=O) groups is 1. The molecule has 0 saturated carbocycles. The normalized spacial score (nSPS) is 13.7. The summed E-state index contributed by atoms with van der Waals surface area (Å²) in [4.78, 5) is 44.5. The average Bonchev–Trinajstić information content (AvgIpc) is 2.84. The molecule has 1 aliphatic heterocycles. The molecule has 0 radical (unpaired) electrons. The van der Waals surface area contributed by atoms with Crippen LogP contribution in [0.4, 0.5) is 0 Å². The van der Waals surface area contributed by atoms with Gasteiger partial charge < -0.3 is 37.7 Å². The number of ether oxygens (including phenoxy) is 2. The Morgan fingerprint density at radius 1 is 1.20 bits per heavy atom. The second-order valence-electron chi connectivity index (χ2n) is 2.92. The van der Waals surface area contributed by atoms with E-state index in [2.05, 4.69) is 18.2 Å². The summed E-state index contributed by atoms with van der Waals surface area (Å²) >= 11 is 0. The van der Waals surface area contributed by atoms with E-state index in [4.69, 9.17) is 23.9 Å². The number of carbonyl (C=O) groups excluding carboxylic acids is 1. The van der Waals surface area contributed by atoms with Crippen LogP contribution in [0.1, 0.15) is 13.8 Å². The summed E-state index contributed by atoms with van der Waals surface area (Å²) in [6, 6.07) is 0. The van der Waals surface area contributed by atoms with Gasteiger partial charge in [0.2, 0.25) is 0 Å². The topological polar surface area (TPSA) is 131 Å². The van der Waals surface area contributed by atoms with Crippen LogP contribution in [0.25, 0.3) is 0 Å². The first kappa shape index (κ1) is 38.7. The molecule has 1 aliphatic rings. The van der Waals surface area contributed by atoms with Gasteiger partial charge in [-0.05, 0) is 13.8 Å². The summed E-state index contributed by atoms with van der Waals surface area (Å²) in [6.45, 7) is 8.00. The molecule has 0 bridgehead atoms. The monoisotopic (exact) mass is 342 g/mol. The van der Waals surface area contributed by atoms with Crippen LogP contribution < -0.4 is 137 Å². The van der Waals surface area contributed by atoms with Crippen LogP contribution in [-0.2, 0) is 14.3 Å². The Hall–Kier alpha value is 3.23. The summed E-state index contributed by atoms with van der Waals surface area (Å²) < 4.78 is 8.98. The quantitative estimate of drug-likeness (QED) is 0.200. The summed E-state index contributed by atoms with van der Waals surface area (Å²) in [7, 11) is -4.28. The summed E-state index contributed by atoms with van der Waals surface area (Å²) in [6.07, 6.45) is 0.583. The summed E-state index contributed by atoms with van der Waals surface area (Å²) in [5.41, 5.74) is 0.433. The zero-order chi connectivity index (χ0) is 13.4. The third-order valence-corrected chi connectivity index (χ3v) is 1.03. The number of rotatable bonds is 1. The van der Waals surface area contributed by atoms with E-state index in [0.717, 1.165) is 6.61 Å². The molecule has 0 spiro atoms. The second kappa shape index (κ2) is 22.2. The fourth-order valence-corrected chi connectivity index (χ4v) is 0.270. The van der Waals surface area contributed by atoms with Crippen LogP contribution in [-0.4, -0.2) is 34.8 Å². The van der Waals surface area contributed by atoms with Gasteiger partial charge in [0.05, 0.1) is 19.8 Å². The molecule has 0 aromatic heterocycles.